The zero-order valence-electron chi connectivity index (χ0n) is 14.4. The van der Waals surface area contributed by atoms with E-state index in [9.17, 15) is 4.39 Å². The summed E-state index contributed by atoms with van der Waals surface area (Å²) < 4.78 is 16.2. The van der Waals surface area contributed by atoms with Gasteiger partial charge in [-0.05, 0) is 48.5 Å². The van der Waals surface area contributed by atoms with E-state index in [0.29, 0.717) is 5.70 Å². The molecule has 0 atom stereocenters. The molecule has 0 aromatic heterocycles. The zero-order chi connectivity index (χ0) is 18.1. The van der Waals surface area contributed by atoms with E-state index in [1.807, 2.05) is 25.2 Å². The van der Waals surface area contributed by atoms with Crippen LogP contribution in [0.25, 0.3) is 16.8 Å². The van der Waals surface area contributed by atoms with Crippen LogP contribution in [0.5, 0.6) is 0 Å². The van der Waals surface area contributed by atoms with Gasteiger partial charge >= 0.3 is 0 Å². The molecule has 6 heteroatoms. The van der Waals surface area contributed by atoms with Gasteiger partial charge in [0.05, 0.1) is 0 Å². The van der Waals surface area contributed by atoms with Gasteiger partial charge in [0.25, 0.3) is 0 Å². The fraction of sp³-hybridized carbons (Fsp3) is 0.211. The number of hydrogen-bond acceptors (Lipinski definition) is 5. The summed E-state index contributed by atoms with van der Waals surface area (Å²) in [5.74, 6) is 0.679. The van der Waals surface area contributed by atoms with Crippen molar-refractivity contribution in [2.75, 3.05) is 31.7 Å². The van der Waals surface area contributed by atoms with Crippen LogP contribution in [0.1, 0.15) is 5.56 Å². The Morgan fingerprint density at radius 2 is 1.92 bits per heavy atom. The summed E-state index contributed by atoms with van der Waals surface area (Å²) in [5.41, 5.74) is 10.6. The lowest BCUT2D eigenvalue weighted by atomic mass is 10.00. The number of aliphatic imine (C=N–C) groups is 1. The third-order valence-electron chi connectivity index (χ3n) is 3.58. The quantitative estimate of drug-likeness (QED) is 0.382. The molecular formula is C19H23FN4S. The van der Waals surface area contributed by atoms with Crippen LogP contribution >= 0.6 is 11.9 Å². The Bertz CT molecular complexity index is 742. The average Bonchev–Trinajstić information content (AvgIpc) is 2.64. The summed E-state index contributed by atoms with van der Waals surface area (Å²) in [6.45, 7) is 0.809. The highest BCUT2D eigenvalue weighted by atomic mass is 32.2. The first kappa shape index (κ1) is 19.0. The maximum absolute atomic E-state index is 13.2. The molecule has 0 amide bonds. The van der Waals surface area contributed by atoms with E-state index in [2.05, 4.69) is 15.0 Å². The number of halogens is 1. The maximum Gasteiger partial charge on any atom is 0.123 e. The second-order valence-electron chi connectivity index (χ2n) is 5.28. The van der Waals surface area contributed by atoms with Gasteiger partial charge in [-0.3, -0.25) is 9.71 Å². The van der Waals surface area contributed by atoms with Gasteiger partial charge < -0.3 is 11.1 Å². The average molecular weight is 358 g/mol. The predicted molar refractivity (Wildman–Crippen MR) is 108 cm³/mol. The van der Waals surface area contributed by atoms with Gasteiger partial charge in [0, 0.05) is 42.5 Å². The summed E-state index contributed by atoms with van der Waals surface area (Å²) >= 11 is 1.64. The molecule has 0 aliphatic rings. The number of allylic oxidation sites excluding steroid dienone is 1. The first-order valence-corrected chi connectivity index (χ1v) is 8.95. The molecule has 0 fully saturated rings. The molecule has 0 aliphatic carbocycles. The van der Waals surface area contributed by atoms with Crippen molar-refractivity contribution in [2.45, 2.75) is 0 Å². The van der Waals surface area contributed by atoms with Gasteiger partial charge in [-0.15, -0.1) is 0 Å². The maximum atomic E-state index is 13.2. The van der Waals surface area contributed by atoms with Crippen LogP contribution in [0.4, 0.5) is 10.1 Å². The molecule has 0 bridgehead atoms. The molecule has 4 nitrogen and oxygen atoms in total. The minimum Gasteiger partial charge on any atom is -0.398 e. The molecule has 0 heterocycles. The van der Waals surface area contributed by atoms with Crippen molar-refractivity contribution in [2.24, 2.45) is 10.7 Å². The third kappa shape index (κ3) is 5.62. The largest absolute Gasteiger partial charge is 0.398 e. The fourth-order valence-corrected chi connectivity index (χ4v) is 2.75. The van der Waals surface area contributed by atoms with Crippen molar-refractivity contribution in [3.05, 3.63) is 59.9 Å². The lowest BCUT2D eigenvalue weighted by Gasteiger charge is -2.14. The fourth-order valence-electron chi connectivity index (χ4n) is 2.34. The number of hydrogen-bond donors (Lipinski definition) is 3. The van der Waals surface area contributed by atoms with Gasteiger partial charge in [0.15, 0.2) is 0 Å². The number of nitrogens with two attached hydrogens (primary N) is 1. The summed E-state index contributed by atoms with van der Waals surface area (Å²) in [6, 6.07) is 12.5. The van der Waals surface area contributed by atoms with E-state index >= 15 is 0 Å². The standard InChI is InChI=1S/C19H23FN4S/c1-22-10-9-18(21)17-13-15(14-3-6-16(20)7-4-14)5-8-19(17)24-11-12-25-23-2/h3-10,13,23-24H,11-12,21H2,1-2H3. The van der Waals surface area contributed by atoms with Crippen molar-refractivity contribution in [3.63, 3.8) is 0 Å². The van der Waals surface area contributed by atoms with E-state index in [1.165, 1.54) is 12.1 Å². The molecule has 0 spiro atoms. The third-order valence-corrected chi connectivity index (χ3v) is 4.27. The van der Waals surface area contributed by atoms with Crippen molar-refractivity contribution in [1.29, 1.82) is 0 Å². The molecule has 4 N–H and O–H groups in total. The normalized spacial score (nSPS) is 11.9. The van der Waals surface area contributed by atoms with Gasteiger partial charge in [-0.2, -0.15) is 0 Å². The highest BCUT2D eigenvalue weighted by molar-refractivity contribution is 7.97. The minimum absolute atomic E-state index is 0.247. The molecule has 2 rings (SSSR count). The second-order valence-corrected chi connectivity index (χ2v) is 6.38. The van der Waals surface area contributed by atoms with Gasteiger partial charge in [-0.25, -0.2) is 4.39 Å². The molecule has 2 aromatic rings. The Kier molecular flexibility index (Phi) is 7.50. The van der Waals surface area contributed by atoms with Crippen LogP contribution in [0.2, 0.25) is 0 Å². The van der Waals surface area contributed by atoms with Crippen LogP contribution in [0, 0.1) is 5.82 Å². The number of benzene rings is 2. The molecule has 0 unspecified atom stereocenters. The molecule has 0 radical (unpaired) electrons. The number of rotatable bonds is 8. The van der Waals surface area contributed by atoms with Crippen molar-refractivity contribution >= 4 is 29.5 Å². The first-order valence-electron chi connectivity index (χ1n) is 7.96. The van der Waals surface area contributed by atoms with Gasteiger partial charge in [0.1, 0.15) is 5.82 Å². The number of anilines is 1. The number of nitrogens with zero attached hydrogens (tertiary/aromatic N) is 1. The second kappa shape index (κ2) is 9.86. The monoisotopic (exact) mass is 358 g/mol. The Labute approximate surface area is 152 Å². The Balaban J connectivity index is 2.34. The summed E-state index contributed by atoms with van der Waals surface area (Å²) in [6.07, 6.45) is 3.44. The molecule has 2 aromatic carbocycles. The molecular weight excluding hydrogens is 335 g/mol. The van der Waals surface area contributed by atoms with E-state index < -0.39 is 0 Å². The molecule has 25 heavy (non-hydrogen) atoms. The smallest absolute Gasteiger partial charge is 0.123 e. The van der Waals surface area contributed by atoms with Crippen LogP contribution < -0.4 is 15.8 Å². The van der Waals surface area contributed by atoms with Gasteiger partial charge in [0.2, 0.25) is 0 Å². The van der Waals surface area contributed by atoms with E-state index in [4.69, 9.17) is 5.73 Å². The Morgan fingerprint density at radius 1 is 1.20 bits per heavy atom. The van der Waals surface area contributed by atoms with Crippen molar-refractivity contribution in [1.82, 2.24) is 4.72 Å². The molecule has 0 aliphatic heterocycles. The van der Waals surface area contributed by atoms with Gasteiger partial charge in [-0.1, -0.05) is 30.1 Å². The van der Waals surface area contributed by atoms with Crippen molar-refractivity contribution in [3.8, 4) is 11.1 Å². The minimum atomic E-state index is -0.247. The van der Waals surface area contributed by atoms with Crippen LogP contribution in [0.3, 0.4) is 0 Å². The highest BCUT2D eigenvalue weighted by Crippen LogP contribution is 2.28. The SMILES string of the molecule is CN=CC=C(N)c1cc(-c2ccc(F)cc2)ccc1NCCSNC. The molecule has 0 saturated heterocycles. The summed E-state index contributed by atoms with van der Waals surface area (Å²) in [5, 5.41) is 3.41. The van der Waals surface area contributed by atoms with E-state index in [0.717, 1.165) is 34.7 Å². The topological polar surface area (TPSA) is 62.4 Å². The van der Waals surface area contributed by atoms with Crippen molar-refractivity contribution < 1.29 is 4.39 Å². The lowest BCUT2D eigenvalue weighted by Crippen LogP contribution is -2.10. The van der Waals surface area contributed by atoms with Crippen LogP contribution in [-0.4, -0.2) is 32.6 Å². The molecule has 0 saturated carbocycles. The molecule has 132 valence electrons. The lowest BCUT2D eigenvalue weighted by molar-refractivity contribution is 0.628. The van der Waals surface area contributed by atoms with Crippen LogP contribution in [0.15, 0.2) is 53.5 Å². The summed E-state index contributed by atoms with van der Waals surface area (Å²) in [7, 11) is 3.60. The highest BCUT2D eigenvalue weighted by Gasteiger charge is 2.08. The van der Waals surface area contributed by atoms with E-state index in [1.54, 1.807) is 43.4 Å². The first-order chi connectivity index (χ1) is 12.2. The summed E-state index contributed by atoms with van der Waals surface area (Å²) in [4.78, 5) is 3.95. The predicted octanol–water partition coefficient (Wildman–Crippen LogP) is 3.77. The Hall–Kier alpha value is -2.31. The number of nitrogens with one attached hydrogen (secondary N) is 2. The van der Waals surface area contributed by atoms with Crippen LogP contribution in [-0.2, 0) is 0 Å². The Morgan fingerprint density at radius 3 is 2.60 bits per heavy atom. The zero-order valence-corrected chi connectivity index (χ0v) is 15.2. The van der Waals surface area contributed by atoms with E-state index in [-0.39, 0.29) is 5.82 Å².